The van der Waals surface area contributed by atoms with Crippen LogP contribution in [0.5, 0.6) is 0 Å². The van der Waals surface area contributed by atoms with Crippen molar-refractivity contribution in [1.82, 2.24) is 0 Å². The summed E-state index contributed by atoms with van der Waals surface area (Å²) in [5.74, 6) is 0.0979. The second-order valence-electron chi connectivity index (χ2n) is 3.58. The first-order chi connectivity index (χ1) is 6.88. The molecule has 15 heavy (non-hydrogen) atoms. The molecule has 0 aliphatic carbocycles. The molecule has 0 aromatic heterocycles. The van der Waals surface area contributed by atoms with Crippen molar-refractivity contribution in [1.29, 1.82) is 0 Å². The van der Waals surface area contributed by atoms with Crippen LogP contribution in [0.4, 0.5) is 0 Å². The molecule has 0 bridgehead atoms. The maximum absolute atomic E-state index is 11.0. The van der Waals surface area contributed by atoms with Gasteiger partial charge in [-0.15, -0.1) is 0 Å². The van der Waals surface area contributed by atoms with Crippen LogP contribution in [0.2, 0.25) is 5.02 Å². The fraction of sp³-hybridized carbons (Fsp3) is 0.400. The van der Waals surface area contributed by atoms with Gasteiger partial charge >= 0.3 is 0 Å². The SMILES string of the molecule is CS(=O)(=O)CCC(N)c1cccc(Cl)c1. The Kier molecular flexibility index (Phi) is 4.13. The molecule has 1 rings (SSSR count). The topological polar surface area (TPSA) is 60.2 Å². The first-order valence-corrected chi connectivity index (χ1v) is 7.01. The smallest absolute Gasteiger partial charge is 0.147 e. The Morgan fingerprint density at radius 1 is 1.47 bits per heavy atom. The summed E-state index contributed by atoms with van der Waals surface area (Å²) in [5.41, 5.74) is 6.71. The van der Waals surface area contributed by atoms with E-state index in [0.29, 0.717) is 11.4 Å². The van der Waals surface area contributed by atoms with Gasteiger partial charge in [-0.05, 0) is 24.1 Å². The third kappa shape index (κ3) is 4.64. The predicted octanol–water partition coefficient (Wildman–Crippen LogP) is 1.77. The van der Waals surface area contributed by atoms with Gasteiger partial charge in [0.1, 0.15) is 9.84 Å². The molecule has 0 fully saturated rings. The highest BCUT2D eigenvalue weighted by molar-refractivity contribution is 7.90. The van der Waals surface area contributed by atoms with Crippen molar-refractivity contribution in [3.05, 3.63) is 34.9 Å². The molecular formula is C10H14ClNO2S. The number of nitrogens with two attached hydrogens (primary N) is 1. The van der Waals surface area contributed by atoms with Crippen molar-refractivity contribution in [2.75, 3.05) is 12.0 Å². The Labute approximate surface area is 95.2 Å². The fourth-order valence-electron chi connectivity index (χ4n) is 1.24. The van der Waals surface area contributed by atoms with Gasteiger partial charge < -0.3 is 5.73 Å². The Hall–Kier alpha value is -0.580. The largest absolute Gasteiger partial charge is 0.324 e. The van der Waals surface area contributed by atoms with Gasteiger partial charge in [-0.25, -0.2) is 8.42 Å². The second kappa shape index (κ2) is 4.96. The lowest BCUT2D eigenvalue weighted by atomic mass is 10.1. The van der Waals surface area contributed by atoms with Crippen LogP contribution in [0.15, 0.2) is 24.3 Å². The minimum absolute atomic E-state index is 0.0979. The van der Waals surface area contributed by atoms with E-state index in [1.54, 1.807) is 18.2 Å². The quantitative estimate of drug-likeness (QED) is 0.882. The van der Waals surface area contributed by atoms with Gasteiger partial charge in [0.25, 0.3) is 0 Å². The normalized spacial score (nSPS) is 13.8. The van der Waals surface area contributed by atoms with E-state index in [1.165, 1.54) is 6.26 Å². The first-order valence-electron chi connectivity index (χ1n) is 4.57. The molecule has 0 spiro atoms. The van der Waals surface area contributed by atoms with Gasteiger partial charge in [0.05, 0.1) is 5.75 Å². The van der Waals surface area contributed by atoms with Crippen LogP contribution in [-0.2, 0) is 9.84 Å². The van der Waals surface area contributed by atoms with Crippen molar-refractivity contribution in [3.8, 4) is 0 Å². The monoisotopic (exact) mass is 247 g/mol. The maximum Gasteiger partial charge on any atom is 0.147 e. The molecule has 1 aromatic rings. The zero-order valence-electron chi connectivity index (χ0n) is 8.48. The molecule has 1 unspecified atom stereocenters. The lowest BCUT2D eigenvalue weighted by Gasteiger charge is -2.11. The summed E-state index contributed by atoms with van der Waals surface area (Å²) in [6.07, 6.45) is 1.62. The standard InChI is InChI=1S/C10H14ClNO2S/c1-15(13,14)6-5-10(12)8-3-2-4-9(11)7-8/h2-4,7,10H,5-6,12H2,1H3. The van der Waals surface area contributed by atoms with Gasteiger partial charge in [0.15, 0.2) is 0 Å². The molecule has 0 saturated heterocycles. The Morgan fingerprint density at radius 2 is 2.13 bits per heavy atom. The van der Waals surface area contributed by atoms with Crippen LogP contribution in [0.25, 0.3) is 0 Å². The molecule has 1 aromatic carbocycles. The van der Waals surface area contributed by atoms with Crippen LogP contribution >= 0.6 is 11.6 Å². The van der Waals surface area contributed by atoms with E-state index in [9.17, 15) is 8.42 Å². The average molecular weight is 248 g/mol. The summed E-state index contributed by atoms with van der Waals surface area (Å²) in [4.78, 5) is 0. The highest BCUT2D eigenvalue weighted by atomic mass is 35.5. The average Bonchev–Trinajstić information content (AvgIpc) is 2.13. The summed E-state index contributed by atoms with van der Waals surface area (Å²) < 4.78 is 21.9. The van der Waals surface area contributed by atoms with Crippen LogP contribution in [0, 0.1) is 0 Å². The molecule has 0 aliphatic rings. The first kappa shape index (κ1) is 12.5. The van der Waals surface area contributed by atoms with Crippen LogP contribution in [0.3, 0.4) is 0 Å². The molecule has 84 valence electrons. The zero-order valence-corrected chi connectivity index (χ0v) is 10.1. The number of hydrogen-bond donors (Lipinski definition) is 1. The molecule has 0 saturated carbocycles. The summed E-state index contributed by atoms with van der Waals surface area (Å²) >= 11 is 5.81. The number of benzene rings is 1. The summed E-state index contributed by atoms with van der Waals surface area (Å²) in [6, 6.07) is 6.89. The third-order valence-electron chi connectivity index (χ3n) is 2.08. The van der Waals surface area contributed by atoms with E-state index in [4.69, 9.17) is 17.3 Å². The van der Waals surface area contributed by atoms with Crippen molar-refractivity contribution in [2.45, 2.75) is 12.5 Å². The minimum atomic E-state index is -2.95. The van der Waals surface area contributed by atoms with Gasteiger partial charge in [-0.2, -0.15) is 0 Å². The lowest BCUT2D eigenvalue weighted by molar-refractivity contribution is 0.592. The van der Waals surface area contributed by atoms with Crippen LogP contribution in [-0.4, -0.2) is 20.4 Å². The fourth-order valence-corrected chi connectivity index (χ4v) is 2.13. The number of halogens is 1. The van der Waals surface area contributed by atoms with Crippen molar-refractivity contribution >= 4 is 21.4 Å². The molecule has 5 heteroatoms. The number of sulfone groups is 1. The lowest BCUT2D eigenvalue weighted by Crippen LogP contribution is -2.15. The molecule has 1 atom stereocenters. The van der Waals surface area contributed by atoms with Gasteiger partial charge in [-0.3, -0.25) is 0 Å². The molecule has 0 heterocycles. The van der Waals surface area contributed by atoms with Gasteiger partial charge in [0, 0.05) is 17.3 Å². The molecule has 0 radical (unpaired) electrons. The predicted molar refractivity (Wildman–Crippen MR) is 62.7 cm³/mol. The van der Waals surface area contributed by atoms with Crippen LogP contribution < -0.4 is 5.73 Å². The van der Waals surface area contributed by atoms with E-state index in [0.717, 1.165) is 5.56 Å². The van der Waals surface area contributed by atoms with E-state index >= 15 is 0 Å². The van der Waals surface area contributed by atoms with Crippen molar-refractivity contribution in [2.24, 2.45) is 5.73 Å². The Morgan fingerprint density at radius 3 is 2.67 bits per heavy atom. The highest BCUT2D eigenvalue weighted by Crippen LogP contribution is 2.18. The summed E-state index contributed by atoms with van der Waals surface area (Å²) in [6.45, 7) is 0. The van der Waals surface area contributed by atoms with Gasteiger partial charge in [0.2, 0.25) is 0 Å². The van der Waals surface area contributed by atoms with E-state index in [1.807, 2.05) is 6.07 Å². The van der Waals surface area contributed by atoms with E-state index < -0.39 is 9.84 Å². The van der Waals surface area contributed by atoms with Crippen molar-refractivity contribution in [3.63, 3.8) is 0 Å². The zero-order chi connectivity index (χ0) is 11.5. The molecule has 0 amide bonds. The second-order valence-corrected chi connectivity index (χ2v) is 6.28. The molecule has 3 nitrogen and oxygen atoms in total. The maximum atomic E-state index is 11.0. The Balaban J connectivity index is 2.65. The third-order valence-corrected chi connectivity index (χ3v) is 3.29. The minimum Gasteiger partial charge on any atom is -0.324 e. The summed E-state index contributed by atoms with van der Waals surface area (Å²) in [5, 5.41) is 0.613. The number of hydrogen-bond acceptors (Lipinski definition) is 3. The van der Waals surface area contributed by atoms with Crippen molar-refractivity contribution < 1.29 is 8.42 Å². The molecular weight excluding hydrogens is 234 g/mol. The summed E-state index contributed by atoms with van der Waals surface area (Å²) in [7, 11) is -2.95. The molecule has 2 N–H and O–H groups in total. The highest BCUT2D eigenvalue weighted by Gasteiger charge is 2.10. The van der Waals surface area contributed by atoms with Gasteiger partial charge in [-0.1, -0.05) is 23.7 Å². The number of rotatable bonds is 4. The molecule has 0 aliphatic heterocycles. The van der Waals surface area contributed by atoms with Crippen LogP contribution in [0.1, 0.15) is 18.0 Å². The Bertz CT molecular complexity index is 431. The van der Waals surface area contributed by atoms with E-state index in [-0.39, 0.29) is 11.8 Å². The van der Waals surface area contributed by atoms with E-state index in [2.05, 4.69) is 0 Å².